The van der Waals surface area contributed by atoms with Gasteiger partial charge < -0.3 is 24.4 Å². The lowest BCUT2D eigenvalue weighted by Crippen LogP contribution is -2.35. The molecule has 7 heteroatoms. The molecule has 1 atom stereocenters. The van der Waals surface area contributed by atoms with Crippen molar-refractivity contribution < 1.29 is 9.53 Å². The maximum atomic E-state index is 11.9. The van der Waals surface area contributed by atoms with Crippen molar-refractivity contribution in [2.75, 3.05) is 54.5 Å². The number of rotatable bonds is 8. The van der Waals surface area contributed by atoms with Crippen molar-refractivity contribution in [2.45, 2.75) is 25.9 Å². The standard InChI is InChI=1S/C24H29BrN4O.C3H8O/c1-27(2)12-13-28(3)15-17-4-6-18(7-5-17)24-23-20(10-11-29(24)16-30)21-14-19(25)8-9-22(21)26-23;1-3-4-2/h4-9,14,16,24,26H,10-13,15H2,1-3H3;3H2,1-2H3. The molecule has 34 heavy (non-hydrogen) atoms. The van der Waals surface area contributed by atoms with Crippen molar-refractivity contribution in [1.82, 2.24) is 19.7 Å². The van der Waals surface area contributed by atoms with Gasteiger partial charge in [-0.1, -0.05) is 40.2 Å². The van der Waals surface area contributed by atoms with Gasteiger partial charge in [0.05, 0.1) is 6.04 Å². The predicted molar refractivity (Wildman–Crippen MR) is 143 cm³/mol. The van der Waals surface area contributed by atoms with E-state index in [0.717, 1.165) is 66.9 Å². The summed E-state index contributed by atoms with van der Waals surface area (Å²) >= 11 is 3.59. The molecule has 1 amide bonds. The SMILES string of the molecule is CCOC.CN(C)CCN(C)Cc1ccc(C2c3[nH]c4ccc(Br)cc4c3CCN2C=O)cc1. The van der Waals surface area contributed by atoms with Gasteiger partial charge in [-0.2, -0.15) is 0 Å². The Bertz CT molecular complexity index is 1060. The molecule has 3 aromatic rings. The van der Waals surface area contributed by atoms with E-state index in [2.05, 4.69) is 99.1 Å². The zero-order valence-corrected chi connectivity index (χ0v) is 22.6. The van der Waals surface area contributed by atoms with Crippen molar-refractivity contribution in [3.05, 3.63) is 69.3 Å². The highest BCUT2D eigenvalue weighted by Crippen LogP contribution is 2.38. The van der Waals surface area contributed by atoms with E-state index in [1.165, 1.54) is 16.5 Å². The number of nitrogens with zero attached hydrogens (tertiary/aromatic N) is 3. The number of halogens is 1. The van der Waals surface area contributed by atoms with Gasteiger partial charge in [-0.25, -0.2) is 0 Å². The van der Waals surface area contributed by atoms with E-state index in [9.17, 15) is 4.79 Å². The maximum Gasteiger partial charge on any atom is 0.210 e. The molecule has 2 aromatic carbocycles. The Hall–Kier alpha value is -2.19. The van der Waals surface area contributed by atoms with Gasteiger partial charge in [-0.05, 0) is 69.4 Å². The number of carbonyl (C=O) groups is 1. The highest BCUT2D eigenvalue weighted by atomic mass is 79.9. The summed E-state index contributed by atoms with van der Waals surface area (Å²) in [6, 6.07) is 15.0. The first-order valence-corrected chi connectivity index (χ1v) is 12.6. The van der Waals surface area contributed by atoms with Crippen LogP contribution in [0.25, 0.3) is 10.9 Å². The van der Waals surface area contributed by atoms with Crippen LogP contribution in [0.2, 0.25) is 0 Å². The molecular weight excluding hydrogens is 492 g/mol. The highest BCUT2D eigenvalue weighted by molar-refractivity contribution is 9.10. The number of aromatic nitrogens is 1. The van der Waals surface area contributed by atoms with Gasteiger partial charge in [0, 0.05) is 61.0 Å². The largest absolute Gasteiger partial charge is 0.385 e. The molecule has 0 radical (unpaired) electrons. The van der Waals surface area contributed by atoms with Gasteiger partial charge >= 0.3 is 0 Å². The molecule has 1 unspecified atom stereocenters. The minimum absolute atomic E-state index is 0.0713. The fraction of sp³-hybridized carbons (Fsp3) is 0.444. The summed E-state index contributed by atoms with van der Waals surface area (Å²) in [5, 5.41) is 1.24. The minimum atomic E-state index is -0.0713. The van der Waals surface area contributed by atoms with E-state index < -0.39 is 0 Å². The van der Waals surface area contributed by atoms with Crippen LogP contribution in [0.3, 0.4) is 0 Å². The smallest absolute Gasteiger partial charge is 0.210 e. The number of methoxy groups -OCH3 is 1. The zero-order valence-electron chi connectivity index (χ0n) is 21.0. The number of benzene rings is 2. The second-order valence-electron chi connectivity index (χ2n) is 9.06. The lowest BCUT2D eigenvalue weighted by atomic mass is 9.92. The molecule has 0 aliphatic carbocycles. The molecule has 0 bridgehead atoms. The van der Waals surface area contributed by atoms with Crippen molar-refractivity contribution in [3.63, 3.8) is 0 Å². The lowest BCUT2D eigenvalue weighted by molar-refractivity contribution is -0.120. The van der Waals surface area contributed by atoms with Gasteiger partial charge in [-0.15, -0.1) is 0 Å². The predicted octanol–water partition coefficient (Wildman–Crippen LogP) is 4.68. The van der Waals surface area contributed by atoms with E-state index >= 15 is 0 Å². The number of ether oxygens (including phenoxy) is 1. The summed E-state index contributed by atoms with van der Waals surface area (Å²) in [7, 11) is 8.03. The molecule has 4 rings (SSSR count). The Kier molecular flexibility index (Phi) is 9.71. The third kappa shape index (κ3) is 6.48. The Labute approximate surface area is 212 Å². The zero-order chi connectivity index (χ0) is 24.7. The van der Waals surface area contributed by atoms with Crippen LogP contribution in [0.4, 0.5) is 0 Å². The Balaban J connectivity index is 0.000000751. The molecule has 1 aromatic heterocycles. The van der Waals surface area contributed by atoms with Gasteiger partial charge in [0.2, 0.25) is 6.41 Å². The van der Waals surface area contributed by atoms with E-state index in [1.54, 1.807) is 7.11 Å². The molecular formula is C27H37BrN4O2. The highest BCUT2D eigenvalue weighted by Gasteiger charge is 2.30. The average Bonchev–Trinajstić information content (AvgIpc) is 3.20. The van der Waals surface area contributed by atoms with Gasteiger partial charge in [0.25, 0.3) is 0 Å². The van der Waals surface area contributed by atoms with Crippen molar-refractivity contribution in [1.29, 1.82) is 0 Å². The summed E-state index contributed by atoms with van der Waals surface area (Å²) in [6.07, 6.45) is 1.85. The minimum Gasteiger partial charge on any atom is -0.385 e. The molecule has 1 aliphatic rings. The van der Waals surface area contributed by atoms with Crippen LogP contribution in [0.5, 0.6) is 0 Å². The number of likely N-dealkylation sites (N-methyl/N-ethyl adjacent to an activating group) is 2. The second kappa shape index (κ2) is 12.5. The number of amides is 1. The van der Waals surface area contributed by atoms with Gasteiger partial charge in [0.1, 0.15) is 0 Å². The van der Waals surface area contributed by atoms with Crippen LogP contribution in [0.15, 0.2) is 46.9 Å². The topological polar surface area (TPSA) is 51.8 Å². The first-order chi connectivity index (χ1) is 16.4. The monoisotopic (exact) mass is 528 g/mol. The lowest BCUT2D eigenvalue weighted by Gasteiger charge is -2.33. The van der Waals surface area contributed by atoms with Crippen LogP contribution in [-0.2, 0) is 22.5 Å². The Morgan fingerprint density at radius 3 is 2.47 bits per heavy atom. The van der Waals surface area contributed by atoms with E-state index in [-0.39, 0.29) is 6.04 Å². The summed E-state index contributed by atoms with van der Waals surface area (Å²) in [5.41, 5.74) is 6.02. The fourth-order valence-corrected chi connectivity index (χ4v) is 4.68. The number of hydrogen-bond acceptors (Lipinski definition) is 4. The van der Waals surface area contributed by atoms with Crippen LogP contribution in [0.1, 0.15) is 35.3 Å². The molecule has 0 fully saturated rings. The number of hydrogen-bond donors (Lipinski definition) is 1. The van der Waals surface area contributed by atoms with Crippen LogP contribution < -0.4 is 0 Å². The Morgan fingerprint density at radius 1 is 1.15 bits per heavy atom. The second-order valence-corrected chi connectivity index (χ2v) is 9.98. The molecule has 0 saturated carbocycles. The number of nitrogens with one attached hydrogen (secondary N) is 1. The number of fused-ring (bicyclic) bond motifs is 3. The summed E-state index contributed by atoms with van der Waals surface area (Å²) in [6.45, 7) is 6.51. The third-order valence-corrected chi connectivity index (χ3v) is 6.72. The average molecular weight is 530 g/mol. The Morgan fingerprint density at radius 2 is 1.85 bits per heavy atom. The van der Waals surface area contributed by atoms with Crippen molar-refractivity contribution in [3.8, 4) is 0 Å². The number of aromatic amines is 1. The maximum absolute atomic E-state index is 11.9. The first-order valence-electron chi connectivity index (χ1n) is 11.8. The molecule has 0 saturated heterocycles. The summed E-state index contributed by atoms with van der Waals surface area (Å²) in [4.78, 5) is 21.9. The molecule has 6 nitrogen and oxygen atoms in total. The molecule has 184 valence electrons. The van der Waals surface area contributed by atoms with Crippen LogP contribution >= 0.6 is 15.9 Å². The molecule has 1 N–H and O–H groups in total. The first kappa shape index (κ1) is 26.4. The summed E-state index contributed by atoms with van der Waals surface area (Å²) in [5.74, 6) is 0. The van der Waals surface area contributed by atoms with E-state index in [1.807, 2.05) is 11.8 Å². The van der Waals surface area contributed by atoms with E-state index in [0.29, 0.717) is 0 Å². The molecule has 1 aliphatic heterocycles. The number of carbonyl (C=O) groups excluding carboxylic acids is 1. The van der Waals surface area contributed by atoms with Gasteiger partial charge in [0.15, 0.2) is 0 Å². The summed E-state index contributed by atoms with van der Waals surface area (Å²) < 4.78 is 5.62. The van der Waals surface area contributed by atoms with Crippen LogP contribution in [0, 0.1) is 0 Å². The third-order valence-electron chi connectivity index (χ3n) is 6.23. The van der Waals surface area contributed by atoms with Crippen molar-refractivity contribution >= 4 is 33.2 Å². The molecule has 2 heterocycles. The normalized spacial score (nSPS) is 15.4. The molecule has 0 spiro atoms. The fourth-order valence-electron chi connectivity index (χ4n) is 4.32. The van der Waals surface area contributed by atoms with Crippen LogP contribution in [-0.4, -0.2) is 80.6 Å². The van der Waals surface area contributed by atoms with Crippen molar-refractivity contribution in [2.24, 2.45) is 0 Å². The number of H-pyrrole nitrogens is 1. The van der Waals surface area contributed by atoms with E-state index in [4.69, 9.17) is 0 Å². The quantitative estimate of drug-likeness (QED) is 0.431. The van der Waals surface area contributed by atoms with Gasteiger partial charge in [-0.3, -0.25) is 4.79 Å².